The average molecular weight is 314 g/mol. The van der Waals surface area contributed by atoms with E-state index in [0.717, 1.165) is 12.8 Å². The molecule has 1 fully saturated rings. The van der Waals surface area contributed by atoms with Crippen LogP contribution < -0.4 is 4.72 Å². The van der Waals surface area contributed by atoms with E-state index in [-0.39, 0.29) is 11.3 Å². The molecule has 0 unspecified atom stereocenters. The van der Waals surface area contributed by atoms with Crippen molar-refractivity contribution in [2.75, 3.05) is 17.8 Å². The van der Waals surface area contributed by atoms with Crippen LogP contribution in [0.2, 0.25) is 5.02 Å². The Bertz CT molecular complexity index is 632. The van der Waals surface area contributed by atoms with Gasteiger partial charge in [-0.15, -0.1) is 0 Å². The molecule has 0 amide bonds. The number of anilines is 1. The molecule has 1 N–H and O–H groups in total. The van der Waals surface area contributed by atoms with E-state index in [9.17, 15) is 8.42 Å². The van der Waals surface area contributed by atoms with Crippen molar-refractivity contribution in [3.05, 3.63) is 28.8 Å². The molecule has 0 atom stereocenters. The molecule has 2 rings (SSSR count). The summed E-state index contributed by atoms with van der Waals surface area (Å²) >= 11 is 5.85. The second-order valence-corrected chi connectivity index (χ2v) is 7.10. The molecule has 1 saturated heterocycles. The summed E-state index contributed by atoms with van der Waals surface area (Å²) in [6.45, 7) is 3.11. The molecule has 5 nitrogen and oxygen atoms in total. The lowest BCUT2D eigenvalue weighted by Gasteiger charge is -2.29. The number of hydrogen-bond donors (Lipinski definition) is 1. The highest BCUT2D eigenvalue weighted by Crippen LogP contribution is 2.24. The van der Waals surface area contributed by atoms with E-state index < -0.39 is 10.2 Å². The van der Waals surface area contributed by atoms with Crippen molar-refractivity contribution in [3.63, 3.8) is 0 Å². The lowest BCUT2D eigenvalue weighted by molar-refractivity contribution is 0.289. The molecule has 7 heteroatoms. The molecule has 1 aromatic rings. The van der Waals surface area contributed by atoms with Crippen LogP contribution in [0.1, 0.15) is 25.3 Å². The van der Waals surface area contributed by atoms with Gasteiger partial charge in [0, 0.05) is 18.1 Å². The van der Waals surface area contributed by atoms with Crippen molar-refractivity contribution in [3.8, 4) is 6.07 Å². The Morgan fingerprint density at radius 1 is 1.40 bits per heavy atom. The molecule has 0 aliphatic carbocycles. The van der Waals surface area contributed by atoms with Gasteiger partial charge in [-0.3, -0.25) is 4.72 Å². The van der Waals surface area contributed by atoms with Gasteiger partial charge in [-0.2, -0.15) is 18.0 Å². The van der Waals surface area contributed by atoms with Crippen LogP contribution >= 0.6 is 11.6 Å². The first kappa shape index (κ1) is 15.1. The lowest BCUT2D eigenvalue weighted by Crippen LogP contribution is -2.41. The van der Waals surface area contributed by atoms with Gasteiger partial charge in [-0.25, -0.2) is 0 Å². The average Bonchev–Trinajstić information content (AvgIpc) is 2.39. The van der Waals surface area contributed by atoms with Gasteiger partial charge >= 0.3 is 10.2 Å². The Labute approximate surface area is 124 Å². The number of piperidine rings is 1. The van der Waals surface area contributed by atoms with Crippen LogP contribution in [0.4, 0.5) is 5.69 Å². The number of rotatable bonds is 3. The molecule has 0 spiro atoms. The smallest absolute Gasteiger partial charge is 0.270 e. The number of nitrogens with one attached hydrogen (secondary N) is 1. The standard InChI is InChI=1S/C13H16ClN3O2S/c1-10-4-6-17(7-5-10)20(18,19)16-13-8-12(14)3-2-11(13)9-15/h2-3,8,10,16H,4-7H2,1H3. The van der Waals surface area contributed by atoms with Crippen molar-refractivity contribution in [2.45, 2.75) is 19.8 Å². The second kappa shape index (κ2) is 6.00. The van der Waals surface area contributed by atoms with Gasteiger partial charge in [0.1, 0.15) is 6.07 Å². The van der Waals surface area contributed by atoms with Gasteiger partial charge in [0.05, 0.1) is 11.3 Å². The SMILES string of the molecule is CC1CCN(S(=O)(=O)Nc2cc(Cl)ccc2C#N)CC1. The highest BCUT2D eigenvalue weighted by atomic mass is 35.5. The Kier molecular flexibility index (Phi) is 4.53. The summed E-state index contributed by atoms with van der Waals surface area (Å²) in [4.78, 5) is 0. The van der Waals surface area contributed by atoms with Crippen LogP contribution in [0.15, 0.2) is 18.2 Å². The van der Waals surface area contributed by atoms with Gasteiger partial charge in [0.15, 0.2) is 0 Å². The monoisotopic (exact) mass is 313 g/mol. The third-order valence-corrected chi connectivity index (χ3v) is 5.18. The summed E-state index contributed by atoms with van der Waals surface area (Å²) in [7, 11) is -3.64. The number of halogens is 1. The Balaban J connectivity index is 2.20. The van der Waals surface area contributed by atoms with Crippen molar-refractivity contribution < 1.29 is 8.42 Å². The highest BCUT2D eigenvalue weighted by Gasteiger charge is 2.26. The van der Waals surface area contributed by atoms with Gasteiger partial charge in [-0.1, -0.05) is 18.5 Å². The topological polar surface area (TPSA) is 73.2 Å². The van der Waals surface area contributed by atoms with Gasteiger partial charge in [-0.05, 0) is 37.0 Å². The molecule has 1 aliphatic rings. The van der Waals surface area contributed by atoms with Crippen LogP contribution in [0.25, 0.3) is 0 Å². The van der Waals surface area contributed by atoms with E-state index in [1.165, 1.54) is 16.4 Å². The van der Waals surface area contributed by atoms with E-state index in [1.54, 1.807) is 6.07 Å². The van der Waals surface area contributed by atoms with Crippen LogP contribution in [0, 0.1) is 17.2 Å². The number of nitriles is 1. The highest BCUT2D eigenvalue weighted by molar-refractivity contribution is 7.90. The summed E-state index contributed by atoms with van der Waals surface area (Å²) in [6.07, 6.45) is 1.70. The third kappa shape index (κ3) is 3.42. The van der Waals surface area contributed by atoms with Crippen molar-refractivity contribution in [2.24, 2.45) is 5.92 Å². The fraction of sp³-hybridized carbons (Fsp3) is 0.462. The molecule has 20 heavy (non-hydrogen) atoms. The lowest BCUT2D eigenvalue weighted by atomic mass is 10.0. The Morgan fingerprint density at radius 2 is 2.05 bits per heavy atom. The molecule has 1 aromatic carbocycles. The minimum atomic E-state index is -3.64. The maximum atomic E-state index is 12.3. The number of nitrogens with zero attached hydrogens (tertiary/aromatic N) is 2. The first-order chi connectivity index (χ1) is 9.42. The zero-order chi connectivity index (χ0) is 14.8. The fourth-order valence-corrected chi connectivity index (χ4v) is 3.57. The normalized spacial score (nSPS) is 17.6. The van der Waals surface area contributed by atoms with E-state index >= 15 is 0 Å². The van der Waals surface area contributed by atoms with Crippen molar-refractivity contribution in [1.29, 1.82) is 5.26 Å². The molecule has 0 saturated carbocycles. The largest absolute Gasteiger partial charge is 0.301 e. The number of hydrogen-bond acceptors (Lipinski definition) is 3. The van der Waals surface area contributed by atoms with E-state index in [2.05, 4.69) is 11.6 Å². The van der Waals surface area contributed by atoms with E-state index in [0.29, 0.717) is 24.0 Å². The second-order valence-electron chi connectivity index (χ2n) is 4.99. The molecule has 0 bridgehead atoms. The fourth-order valence-electron chi connectivity index (χ4n) is 2.13. The predicted molar refractivity (Wildman–Crippen MR) is 78.7 cm³/mol. The third-order valence-electron chi connectivity index (χ3n) is 3.42. The van der Waals surface area contributed by atoms with Gasteiger partial charge in [0.2, 0.25) is 0 Å². The minimum Gasteiger partial charge on any atom is -0.270 e. The Hall–Kier alpha value is -1.29. The molecular weight excluding hydrogens is 298 g/mol. The summed E-state index contributed by atoms with van der Waals surface area (Å²) in [5.74, 6) is 0.544. The molecule has 0 aromatic heterocycles. The van der Waals surface area contributed by atoms with Gasteiger partial charge in [0.25, 0.3) is 0 Å². The maximum Gasteiger partial charge on any atom is 0.301 e. The van der Waals surface area contributed by atoms with E-state index in [1.807, 2.05) is 6.07 Å². The molecule has 108 valence electrons. The molecule has 1 heterocycles. The summed E-state index contributed by atoms with van der Waals surface area (Å²) in [6, 6.07) is 6.45. The van der Waals surface area contributed by atoms with Crippen LogP contribution in [-0.4, -0.2) is 25.8 Å². The van der Waals surface area contributed by atoms with Crippen LogP contribution in [0.5, 0.6) is 0 Å². The number of benzene rings is 1. The summed E-state index contributed by atoms with van der Waals surface area (Å²) < 4.78 is 28.5. The van der Waals surface area contributed by atoms with Crippen molar-refractivity contribution >= 4 is 27.5 Å². The first-order valence-corrected chi connectivity index (χ1v) is 8.21. The quantitative estimate of drug-likeness (QED) is 0.932. The van der Waals surface area contributed by atoms with Gasteiger partial charge < -0.3 is 0 Å². The summed E-state index contributed by atoms with van der Waals surface area (Å²) in [5, 5.41) is 9.39. The molecule has 0 radical (unpaired) electrons. The molecule has 1 aliphatic heterocycles. The maximum absolute atomic E-state index is 12.3. The minimum absolute atomic E-state index is 0.221. The van der Waals surface area contributed by atoms with Crippen LogP contribution in [-0.2, 0) is 10.2 Å². The molecular formula is C13H16ClN3O2S. The summed E-state index contributed by atoms with van der Waals surface area (Å²) in [5.41, 5.74) is 0.474. The van der Waals surface area contributed by atoms with Crippen molar-refractivity contribution in [1.82, 2.24) is 4.31 Å². The van der Waals surface area contributed by atoms with Crippen LogP contribution in [0.3, 0.4) is 0 Å². The zero-order valence-corrected chi connectivity index (χ0v) is 12.7. The zero-order valence-electron chi connectivity index (χ0n) is 11.1. The predicted octanol–water partition coefficient (Wildman–Crippen LogP) is 2.60. The first-order valence-electron chi connectivity index (χ1n) is 6.40. The van der Waals surface area contributed by atoms with E-state index in [4.69, 9.17) is 16.9 Å². The Morgan fingerprint density at radius 3 is 2.65 bits per heavy atom.